The molecule has 0 heteroatoms. The van der Waals surface area contributed by atoms with Crippen molar-refractivity contribution in [2.45, 2.75) is 56.8 Å². The molecule has 0 aromatic heterocycles. The van der Waals surface area contributed by atoms with E-state index >= 15 is 0 Å². The van der Waals surface area contributed by atoms with E-state index in [2.05, 4.69) is 209 Å². The molecule has 12 rings (SSSR count). The number of benzene rings is 6. The minimum Gasteiger partial charge on any atom is -0.0842 e. The molecule has 0 radical (unpaired) electrons. The van der Waals surface area contributed by atoms with E-state index in [9.17, 15) is 0 Å². The van der Waals surface area contributed by atoms with Gasteiger partial charge in [0.2, 0.25) is 0 Å². The first-order valence-electron chi connectivity index (χ1n) is 22.4. The summed E-state index contributed by atoms with van der Waals surface area (Å²) in [5, 5.41) is 0. The highest BCUT2D eigenvalue weighted by Crippen LogP contribution is 2.68. The van der Waals surface area contributed by atoms with Crippen LogP contribution in [0, 0.1) is 17.8 Å². The average molecular weight is 771 g/mol. The first kappa shape index (κ1) is 35.7. The molecule has 6 aliphatic carbocycles. The van der Waals surface area contributed by atoms with Crippen molar-refractivity contribution in [2.75, 3.05) is 0 Å². The van der Waals surface area contributed by atoms with Crippen molar-refractivity contribution in [3.63, 3.8) is 0 Å². The van der Waals surface area contributed by atoms with Gasteiger partial charge in [0.25, 0.3) is 0 Å². The van der Waals surface area contributed by atoms with Crippen LogP contribution in [0.2, 0.25) is 0 Å². The largest absolute Gasteiger partial charge is 0.0842 e. The van der Waals surface area contributed by atoms with Crippen LogP contribution in [-0.2, 0) is 10.8 Å². The van der Waals surface area contributed by atoms with Crippen molar-refractivity contribution in [1.29, 1.82) is 0 Å². The van der Waals surface area contributed by atoms with Crippen molar-refractivity contribution in [3.8, 4) is 33.4 Å². The fraction of sp³-hybridized carbons (Fsp3) is 0.200. The highest BCUT2D eigenvalue weighted by Gasteiger charge is 2.59. The van der Waals surface area contributed by atoms with Crippen LogP contribution in [0.3, 0.4) is 0 Å². The van der Waals surface area contributed by atoms with Crippen LogP contribution in [0.1, 0.15) is 90.5 Å². The Morgan fingerprint density at radius 3 is 2.22 bits per heavy atom. The fourth-order valence-corrected chi connectivity index (χ4v) is 12.8. The molecule has 6 unspecified atom stereocenters. The minimum absolute atomic E-state index is 0.187. The second kappa shape index (κ2) is 13.4. The summed E-state index contributed by atoms with van der Waals surface area (Å²) in [6.07, 6.45) is 25.1. The monoisotopic (exact) mass is 770 g/mol. The van der Waals surface area contributed by atoms with Gasteiger partial charge in [-0.05, 0) is 119 Å². The Kier molecular flexibility index (Phi) is 7.96. The van der Waals surface area contributed by atoms with Gasteiger partial charge >= 0.3 is 0 Å². The highest BCUT2D eigenvalue weighted by atomic mass is 14.6. The predicted octanol–water partition coefficient (Wildman–Crippen LogP) is 15.1. The molecule has 2 spiro atoms. The number of hydrogen-bond donors (Lipinski definition) is 0. The van der Waals surface area contributed by atoms with E-state index < -0.39 is 0 Å². The topological polar surface area (TPSA) is 0 Å². The molecule has 290 valence electrons. The quantitative estimate of drug-likeness (QED) is 0.158. The summed E-state index contributed by atoms with van der Waals surface area (Å²) in [4.78, 5) is 0. The molecule has 0 heterocycles. The fourth-order valence-electron chi connectivity index (χ4n) is 12.8. The summed E-state index contributed by atoms with van der Waals surface area (Å²) in [6.45, 7) is 7.19. The maximum absolute atomic E-state index is 2.65. The third-order valence-corrected chi connectivity index (χ3v) is 15.3. The Balaban J connectivity index is 1.06. The van der Waals surface area contributed by atoms with Crippen LogP contribution >= 0.6 is 0 Å². The lowest BCUT2D eigenvalue weighted by Gasteiger charge is -2.40. The maximum atomic E-state index is 2.65. The summed E-state index contributed by atoms with van der Waals surface area (Å²) in [5.41, 5.74) is 23.4. The molecule has 0 bridgehead atoms. The van der Waals surface area contributed by atoms with Gasteiger partial charge in [0.1, 0.15) is 0 Å². The molecule has 6 aromatic rings. The Labute approximate surface area is 355 Å². The normalized spacial score (nSPS) is 25.0. The average Bonchev–Trinajstić information content (AvgIpc) is 3.99. The molecule has 0 saturated carbocycles. The first-order valence-corrected chi connectivity index (χ1v) is 22.4. The summed E-state index contributed by atoms with van der Waals surface area (Å²) in [5.74, 6) is 1.32. The van der Waals surface area contributed by atoms with Gasteiger partial charge < -0.3 is 0 Å². The number of allylic oxidation sites excluding steroid dienone is 11. The molecule has 0 saturated heterocycles. The first-order chi connectivity index (χ1) is 29.6. The van der Waals surface area contributed by atoms with Crippen LogP contribution in [0.15, 0.2) is 199 Å². The van der Waals surface area contributed by atoms with Crippen molar-refractivity contribution < 1.29 is 0 Å². The molecule has 0 nitrogen and oxygen atoms in total. The zero-order valence-corrected chi connectivity index (χ0v) is 34.8. The van der Waals surface area contributed by atoms with Crippen molar-refractivity contribution >= 4 is 6.08 Å². The second-order valence-corrected chi connectivity index (χ2v) is 18.1. The SMILES string of the molecule is CCC/C=C\C1=Cc2ccccc2C12c1ccccc1-c1ccc(C(C)c3ccc4c(c3)C3(C5=C(C=CCC5C)C5C=CC=CC53)c3cccc(-c5ccccc5)c3-4)cc12. The Morgan fingerprint density at radius 2 is 1.37 bits per heavy atom. The number of rotatable bonds is 6. The van der Waals surface area contributed by atoms with Gasteiger partial charge in [-0.1, -0.05) is 209 Å². The third kappa shape index (κ3) is 4.63. The smallest absolute Gasteiger partial charge is 0.0719 e. The molecule has 60 heavy (non-hydrogen) atoms. The Morgan fingerprint density at radius 1 is 0.667 bits per heavy atom. The molecule has 0 N–H and O–H groups in total. The van der Waals surface area contributed by atoms with E-state index in [-0.39, 0.29) is 16.7 Å². The van der Waals surface area contributed by atoms with Crippen LogP contribution in [0.25, 0.3) is 39.5 Å². The lowest BCUT2D eigenvalue weighted by Crippen LogP contribution is -2.36. The summed E-state index contributed by atoms with van der Waals surface area (Å²) in [6, 6.07) is 51.6. The standard InChI is InChI=1S/C60H50/c1-4-5-7-22-44-35-43-21-10-13-27-51(43)59(44)52-28-14-11-23-46(52)48-33-31-41(36-55(48)59)39(3)42-32-34-50-56(37-42)60(54-30-17-25-45(57(50)54)40-19-8-6-9-20-40)53-29-15-12-24-47(53)49-26-16-18-38(2)58(49)60/h6-17,19-39,47,53H,4-5,18H2,1-3H3/b22-7-. The van der Waals surface area contributed by atoms with E-state index in [4.69, 9.17) is 0 Å². The molecule has 6 atom stereocenters. The van der Waals surface area contributed by atoms with Gasteiger partial charge in [-0.25, -0.2) is 0 Å². The van der Waals surface area contributed by atoms with Gasteiger partial charge in [0, 0.05) is 17.8 Å². The molecular weight excluding hydrogens is 721 g/mol. The zero-order valence-electron chi connectivity index (χ0n) is 34.8. The van der Waals surface area contributed by atoms with Crippen molar-refractivity contribution in [2.24, 2.45) is 17.8 Å². The highest BCUT2D eigenvalue weighted by molar-refractivity contribution is 5.96. The van der Waals surface area contributed by atoms with E-state index in [1.807, 2.05) is 0 Å². The van der Waals surface area contributed by atoms with E-state index in [1.54, 1.807) is 11.1 Å². The number of hydrogen-bond acceptors (Lipinski definition) is 0. The predicted molar refractivity (Wildman–Crippen MR) is 251 cm³/mol. The molecule has 0 amide bonds. The Hall–Kier alpha value is -6.24. The van der Waals surface area contributed by atoms with Crippen LogP contribution < -0.4 is 0 Å². The summed E-state index contributed by atoms with van der Waals surface area (Å²) in [7, 11) is 0. The van der Waals surface area contributed by atoms with Crippen molar-refractivity contribution in [1.82, 2.24) is 0 Å². The van der Waals surface area contributed by atoms with Gasteiger partial charge in [-0.3, -0.25) is 0 Å². The number of fused-ring (bicyclic) bond motifs is 16. The van der Waals surface area contributed by atoms with E-state index in [0.29, 0.717) is 17.8 Å². The third-order valence-electron chi connectivity index (χ3n) is 15.3. The van der Waals surface area contributed by atoms with Crippen LogP contribution in [0.4, 0.5) is 0 Å². The van der Waals surface area contributed by atoms with Crippen LogP contribution in [0.5, 0.6) is 0 Å². The number of unbranched alkanes of at least 4 members (excludes halogenated alkanes) is 1. The lowest BCUT2D eigenvalue weighted by molar-refractivity contribution is 0.408. The molecule has 6 aromatic carbocycles. The maximum Gasteiger partial charge on any atom is 0.0719 e. The van der Waals surface area contributed by atoms with Crippen molar-refractivity contribution in [3.05, 3.63) is 243 Å². The van der Waals surface area contributed by atoms with Crippen LogP contribution in [-0.4, -0.2) is 0 Å². The van der Waals surface area contributed by atoms with E-state index in [0.717, 1.165) is 19.3 Å². The van der Waals surface area contributed by atoms with E-state index in [1.165, 1.54) is 83.5 Å². The second-order valence-electron chi connectivity index (χ2n) is 18.1. The molecule has 6 aliphatic rings. The van der Waals surface area contributed by atoms with Gasteiger partial charge in [-0.15, -0.1) is 0 Å². The summed E-state index contributed by atoms with van der Waals surface area (Å²) >= 11 is 0. The van der Waals surface area contributed by atoms with Gasteiger partial charge in [0.05, 0.1) is 10.8 Å². The van der Waals surface area contributed by atoms with Gasteiger partial charge in [-0.2, -0.15) is 0 Å². The summed E-state index contributed by atoms with van der Waals surface area (Å²) < 4.78 is 0. The molecule has 0 aliphatic heterocycles. The zero-order chi connectivity index (χ0) is 40.2. The molecular formula is C60H50. The lowest BCUT2D eigenvalue weighted by atomic mass is 9.61. The molecule has 0 fully saturated rings. The van der Waals surface area contributed by atoms with Gasteiger partial charge in [0.15, 0.2) is 0 Å². The Bertz CT molecular complexity index is 2960. The minimum atomic E-state index is -0.340.